The predicted molar refractivity (Wildman–Crippen MR) is 98.3 cm³/mol. The fraction of sp³-hybridized carbons (Fsp3) is 0.118. The number of carbonyl (C=O) groups excluding carboxylic acids is 2. The Morgan fingerprint density at radius 3 is 2.62 bits per heavy atom. The minimum Gasteiger partial charge on any atom is -0.453 e. The van der Waals surface area contributed by atoms with Gasteiger partial charge in [0.05, 0.1) is 4.88 Å². The number of aromatic nitrogens is 1. The first-order valence-electron chi connectivity index (χ1n) is 7.01. The summed E-state index contributed by atoms with van der Waals surface area (Å²) in [5.74, 6) is -0.812. The molecular weight excluding hydrogens is 362 g/mol. The number of ketones is 1. The molecule has 24 heavy (non-hydrogen) atoms. The predicted octanol–water partition coefficient (Wildman–Crippen LogP) is 4.63. The topological polar surface area (TPSA) is 56.3 Å². The quantitative estimate of drug-likeness (QED) is 0.357. The van der Waals surface area contributed by atoms with Crippen LogP contribution in [0.5, 0.6) is 0 Å². The number of benzene rings is 1. The highest BCUT2D eigenvalue weighted by atomic mass is 32.2. The average molecular weight is 375 g/mol. The molecule has 0 aliphatic carbocycles. The van der Waals surface area contributed by atoms with E-state index in [1.807, 2.05) is 35.9 Å². The van der Waals surface area contributed by atoms with E-state index in [1.54, 1.807) is 40.6 Å². The van der Waals surface area contributed by atoms with Gasteiger partial charge in [-0.2, -0.15) is 0 Å². The SMILES string of the molecule is CSc1ccc(C(=O)COC(=O)c2csc(-c3cccs3)n2)cc1. The van der Waals surface area contributed by atoms with E-state index in [9.17, 15) is 9.59 Å². The first-order valence-corrected chi connectivity index (χ1v) is 9.99. The van der Waals surface area contributed by atoms with Crippen LogP contribution >= 0.6 is 34.4 Å². The third-order valence-electron chi connectivity index (χ3n) is 3.19. The van der Waals surface area contributed by atoms with Crippen LogP contribution in [0.4, 0.5) is 0 Å². The number of thiophene rings is 1. The highest BCUT2D eigenvalue weighted by Gasteiger charge is 2.16. The summed E-state index contributed by atoms with van der Waals surface area (Å²) in [5.41, 5.74) is 0.757. The minimum absolute atomic E-state index is 0.230. The van der Waals surface area contributed by atoms with Crippen molar-refractivity contribution in [3.8, 4) is 9.88 Å². The van der Waals surface area contributed by atoms with Crippen LogP contribution < -0.4 is 0 Å². The van der Waals surface area contributed by atoms with Crippen LogP contribution in [0.3, 0.4) is 0 Å². The second kappa shape index (κ2) is 7.74. The molecule has 1 aromatic carbocycles. The van der Waals surface area contributed by atoms with Crippen LogP contribution in [0.25, 0.3) is 9.88 Å². The molecule has 122 valence electrons. The number of carbonyl (C=O) groups is 2. The molecule has 2 aromatic heterocycles. The van der Waals surface area contributed by atoms with E-state index < -0.39 is 5.97 Å². The molecule has 0 N–H and O–H groups in total. The Hall–Kier alpha value is -1.96. The van der Waals surface area contributed by atoms with E-state index in [0.29, 0.717) is 5.56 Å². The Morgan fingerprint density at radius 2 is 1.96 bits per heavy atom. The summed E-state index contributed by atoms with van der Waals surface area (Å²) in [6, 6.07) is 11.1. The van der Waals surface area contributed by atoms with Gasteiger partial charge in [0, 0.05) is 15.8 Å². The van der Waals surface area contributed by atoms with Crippen LogP contribution in [-0.4, -0.2) is 29.6 Å². The molecular formula is C17H13NO3S3. The number of thiazole rings is 1. The summed E-state index contributed by atoms with van der Waals surface area (Å²) in [5, 5.41) is 4.38. The number of hydrogen-bond acceptors (Lipinski definition) is 7. The number of ether oxygens (including phenoxy) is 1. The first kappa shape index (κ1) is 16.9. The van der Waals surface area contributed by atoms with Crippen LogP contribution in [0, 0.1) is 0 Å². The van der Waals surface area contributed by atoms with Gasteiger partial charge >= 0.3 is 5.97 Å². The van der Waals surface area contributed by atoms with E-state index >= 15 is 0 Å². The second-order valence-electron chi connectivity index (χ2n) is 4.74. The van der Waals surface area contributed by atoms with Gasteiger partial charge in [-0.3, -0.25) is 4.79 Å². The number of esters is 1. The van der Waals surface area contributed by atoms with Gasteiger partial charge in [-0.1, -0.05) is 18.2 Å². The Bertz CT molecular complexity index is 838. The van der Waals surface area contributed by atoms with Gasteiger partial charge in [-0.15, -0.1) is 34.4 Å². The molecule has 0 aliphatic heterocycles. The zero-order valence-corrected chi connectivity index (χ0v) is 15.2. The van der Waals surface area contributed by atoms with Crippen LogP contribution in [0.2, 0.25) is 0 Å². The van der Waals surface area contributed by atoms with Gasteiger partial charge in [0.1, 0.15) is 5.01 Å². The molecule has 0 amide bonds. The minimum atomic E-state index is -0.580. The number of rotatable bonds is 6. The van der Waals surface area contributed by atoms with E-state index in [2.05, 4.69) is 4.98 Å². The highest BCUT2D eigenvalue weighted by molar-refractivity contribution is 7.98. The lowest BCUT2D eigenvalue weighted by molar-refractivity contribution is 0.0470. The average Bonchev–Trinajstić information content (AvgIpc) is 3.30. The molecule has 0 bridgehead atoms. The number of nitrogens with zero attached hydrogens (tertiary/aromatic N) is 1. The molecule has 4 nitrogen and oxygen atoms in total. The monoisotopic (exact) mass is 375 g/mol. The van der Waals surface area contributed by atoms with E-state index in [1.165, 1.54) is 11.3 Å². The van der Waals surface area contributed by atoms with Crippen LogP contribution in [0.15, 0.2) is 52.1 Å². The third-order valence-corrected chi connectivity index (χ3v) is 5.82. The molecule has 0 fully saturated rings. The van der Waals surface area contributed by atoms with Gasteiger partial charge < -0.3 is 4.74 Å². The molecule has 0 unspecified atom stereocenters. The van der Waals surface area contributed by atoms with Gasteiger partial charge in [-0.05, 0) is 29.8 Å². The molecule has 0 aliphatic rings. The zero-order valence-electron chi connectivity index (χ0n) is 12.7. The summed E-state index contributed by atoms with van der Waals surface area (Å²) in [7, 11) is 0. The maximum Gasteiger partial charge on any atom is 0.358 e. The molecule has 3 rings (SSSR count). The standard InChI is InChI=1S/C17H13NO3S3/c1-22-12-6-4-11(5-7-12)14(19)9-21-17(20)13-10-24-16(18-13)15-3-2-8-23-15/h2-8,10H,9H2,1H3. The third kappa shape index (κ3) is 3.92. The summed E-state index contributed by atoms with van der Waals surface area (Å²) in [6.45, 7) is -0.288. The van der Waals surface area contributed by atoms with Gasteiger partial charge in [0.2, 0.25) is 0 Å². The molecule has 0 spiro atoms. The van der Waals surface area contributed by atoms with Gasteiger partial charge in [0.15, 0.2) is 18.1 Å². The van der Waals surface area contributed by atoms with Crippen molar-refractivity contribution in [3.63, 3.8) is 0 Å². The van der Waals surface area contributed by atoms with Crippen molar-refractivity contribution >= 4 is 46.2 Å². The van der Waals surface area contributed by atoms with Crippen molar-refractivity contribution in [2.45, 2.75) is 4.90 Å². The first-order chi connectivity index (χ1) is 11.7. The Kier molecular flexibility index (Phi) is 5.44. The Labute approximate surface area is 151 Å². The maximum absolute atomic E-state index is 12.1. The molecule has 0 saturated carbocycles. The van der Waals surface area contributed by atoms with Gasteiger partial charge in [0.25, 0.3) is 0 Å². The van der Waals surface area contributed by atoms with Crippen molar-refractivity contribution < 1.29 is 14.3 Å². The lowest BCUT2D eigenvalue weighted by Crippen LogP contribution is -2.14. The Balaban J connectivity index is 1.59. The van der Waals surface area contributed by atoms with Crippen molar-refractivity contribution in [3.05, 3.63) is 58.4 Å². The highest BCUT2D eigenvalue weighted by Crippen LogP contribution is 2.28. The second-order valence-corrected chi connectivity index (χ2v) is 7.43. The van der Waals surface area contributed by atoms with Crippen molar-refractivity contribution in [2.75, 3.05) is 12.9 Å². The fourth-order valence-corrected chi connectivity index (χ4v) is 3.96. The number of thioether (sulfide) groups is 1. The summed E-state index contributed by atoms with van der Waals surface area (Å²) >= 11 is 4.54. The molecule has 7 heteroatoms. The van der Waals surface area contributed by atoms with Crippen molar-refractivity contribution in [1.82, 2.24) is 4.98 Å². The molecule has 3 aromatic rings. The molecule has 0 radical (unpaired) electrons. The van der Waals surface area contributed by atoms with Crippen LogP contribution in [0.1, 0.15) is 20.8 Å². The van der Waals surface area contributed by atoms with Crippen molar-refractivity contribution in [1.29, 1.82) is 0 Å². The van der Waals surface area contributed by atoms with Crippen molar-refractivity contribution in [2.24, 2.45) is 0 Å². The lowest BCUT2D eigenvalue weighted by Gasteiger charge is -2.03. The molecule has 0 atom stereocenters. The Morgan fingerprint density at radius 1 is 1.17 bits per heavy atom. The van der Waals surface area contributed by atoms with Gasteiger partial charge in [-0.25, -0.2) is 9.78 Å². The zero-order chi connectivity index (χ0) is 16.9. The fourth-order valence-electron chi connectivity index (χ4n) is 1.95. The summed E-state index contributed by atoms with van der Waals surface area (Å²) in [4.78, 5) is 30.5. The van der Waals surface area contributed by atoms with E-state index in [4.69, 9.17) is 4.74 Å². The lowest BCUT2D eigenvalue weighted by atomic mass is 10.1. The summed E-state index contributed by atoms with van der Waals surface area (Å²) in [6.07, 6.45) is 1.97. The number of hydrogen-bond donors (Lipinski definition) is 0. The normalized spacial score (nSPS) is 10.5. The number of Topliss-reactive ketones (excluding diaryl/α,β-unsaturated/α-hetero) is 1. The van der Waals surface area contributed by atoms with Crippen LogP contribution in [-0.2, 0) is 4.74 Å². The maximum atomic E-state index is 12.1. The van der Waals surface area contributed by atoms with E-state index in [0.717, 1.165) is 14.8 Å². The molecule has 2 heterocycles. The largest absolute Gasteiger partial charge is 0.453 e. The summed E-state index contributed by atoms with van der Waals surface area (Å²) < 4.78 is 5.09. The van der Waals surface area contributed by atoms with E-state index in [-0.39, 0.29) is 18.1 Å². The smallest absolute Gasteiger partial charge is 0.358 e. The molecule has 0 saturated heterocycles.